The number of aliphatic hydroxyl groups is 1. The molecule has 4 N–H and O–H groups in total. The van der Waals surface area contributed by atoms with Crippen LogP contribution >= 0.6 is 0 Å². The van der Waals surface area contributed by atoms with Gasteiger partial charge in [-0.15, -0.1) is 0 Å². The van der Waals surface area contributed by atoms with Crippen molar-refractivity contribution >= 4 is 17.4 Å². The summed E-state index contributed by atoms with van der Waals surface area (Å²) >= 11 is 0. The van der Waals surface area contributed by atoms with Gasteiger partial charge in [0.1, 0.15) is 5.56 Å². The molecule has 3 unspecified atom stereocenters. The number of amides is 1. The van der Waals surface area contributed by atoms with Crippen molar-refractivity contribution in [1.82, 2.24) is 9.78 Å². The number of carbonyl (C=O) groups is 1. The lowest BCUT2D eigenvalue weighted by molar-refractivity contribution is -0.206. The lowest BCUT2D eigenvalue weighted by Crippen LogP contribution is -2.22. The van der Waals surface area contributed by atoms with Crippen LogP contribution in [0.25, 0.3) is 0 Å². The number of carbonyl (C=O) groups excluding carboxylic acids is 1. The summed E-state index contributed by atoms with van der Waals surface area (Å²) in [5.41, 5.74) is 5.62. The predicted octanol–water partition coefficient (Wildman–Crippen LogP) is 3.58. The highest BCUT2D eigenvalue weighted by molar-refractivity contribution is 5.98. The maximum atomic E-state index is 12.6. The minimum absolute atomic E-state index is 0.117. The molecule has 1 aromatic carbocycles. The molecule has 2 aromatic rings. The van der Waals surface area contributed by atoms with Gasteiger partial charge >= 0.3 is 6.18 Å². The molecule has 0 spiro atoms. The molecule has 29 heavy (non-hydrogen) atoms. The van der Waals surface area contributed by atoms with Crippen LogP contribution in [0.15, 0.2) is 30.5 Å². The molecule has 1 amide bonds. The summed E-state index contributed by atoms with van der Waals surface area (Å²) in [4.78, 5) is 11.8. The SMILES string of the molecule is N#CC1CCCCC1n1cc(C(N)=O)c(Nc2ccc(C(O)C(F)(F)F)cc2)n1. The fraction of sp³-hybridized carbons (Fsp3) is 0.421. The zero-order valence-electron chi connectivity index (χ0n) is 15.4. The van der Waals surface area contributed by atoms with E-state index in [-0.39, 0.29) is 28.9 Å². The maximum Gasteiger partial charge on any atom is 0.418 e. The summed E-state index contributed by atoms with van der Waals surface area (Å²) in [7, 11) is 0. The quantitative estimate of drug-likeness (QED) is 0.700. The number of halogens is 3. The number of primary amides is 1. The second-order valence-electron chi connectivity index (χ2n) is 7.01. The Hall–Kier alpha value is -3.06. The average Bonchev–Trinajstić information content (AvgIpc) is 3.11. The Kier molecular flexibility index (Phi) is 5.79. The van der Waals surface area contributed by atoms with Crippen LogP contribution in [0.3, 0.4) is 0 Å². The molecule has 0 saturated heterocycles. The number of benzene rings is 1. The normalized spacial score (nSPS) is 20.7. The van der Waals surface area contributed by atoms with Gasteiger partial charge in [0.05, 0.1) is 18.0 Å². The van der Waals surface area contributed by atoms with E-state index in [1.807, 2.05) is 0 Å². The van der Waals surface area contributed by atoms with Crippen molar-refractivity contribution in [3.05, 3.63) is 41.6 Å². The number of rotatable bonds is 5. The standard InChI is InChI=1S/C19H20F3N5O2/c20-19(21,22)16(28)11-5-7-13(8-6-11)25-18-14(17(24)29)10-27(26-18)15-4-2-1-3-12(15)9-23/h5-8,10,12,15-16,28H,1-4H2,(H2,24,29)(H,25,26). The Morgan fingerprint density at radius 3 is 2.55 bits per heavy atom. The summed E-state index contributed by atoms with van der Waals surface area (Å²) in [6.45, 7) is 0. The van der Waals surface area contributed by atoms with E-state index in [4.69, 9.17) is 5.73 Å². The number of nitrogens with two attached hydrogens (primary N) is 1. The van der Waals surface area contributed by atoms with Crippen LogP contribution < -0.4 is 11.1 Å². The largest absolute Gasteiger partial charge is 0.418 e. The number of anilines is 2. The van der Waals surface area contributed by atoms with Crippen molar-refractivity contribution in [1.29, 1.82) is 5.26 Å². The van der Waals surface area contributed by atoms with E-state index in [0.29, 0.717) is 5.69 Å². The Balaban J connectivity index is 1.84. The van der Waals surface area contributed by atoms with Gasteiger partial charge in [-0.2, -0.15) is 23.5 Å². The summed E-state index contributed by atoms with van der Waals surface area (Å²) in [5.74, 6) is -0.781. The third-order valence-electron chi connectivity index (χ3n) is 5.03. The summed E-state index contributed by atoms with van der Waals surface area (Å²) in [6.07, 6.45) is -2.44. The Labute approximate surface area is 164 Å². The average molecular weight is 407 g/mol. The van der Waals surface area contributed by atoms with Crippen molar-refractivity contribution in [2.24, 2.45) is 11.7 Å². The number of hydrogen-bond acceptors (Lipinski definition) is 5. The number of nitrogens with one attached hydrogen (secondary N) is 1. The molecule has 0 aliphatic heterocycles. The molecule has 7 nitrogen and oxygen atoms in total. The van der Waals surface area contributed by atoms with Gasteiger partial charge in [-0.05, 0) is 30.5 Å². The molecule has 1 fully saturated rings. The first-order chi connectivity index (χ1) is 13.7. The predicted molar refractivity (Wildman–Crippen MR) is 98.1 cm³/mol. The highest BCUT2D eigenvalue weighted by atomic mass is 19.4. The molecule has 1 saturated carbocycles. The number of aliphatic hydroxyl groups excluding tert-OH is 1. The molecule has 1 aromatic heterocycles. The van der Waals surface area contributed by atoms with Crippen LogP contribution in [0.1, 0.15) is 53.8 Å². The zero-order valence-corrected chi connectivity index (χ0v) is 15.4. The number of aromatic nitrogens is 2. The van der Waals surface area contributed by atoms with Gasteiger partial charge in [0, 0.05) is 11.9 Å². The molecule has 3 atom stereocenters. The molecule has 0 bridgehead atoms. The summed E-state index contributed by atoms with van der Waals surface area (Å²) in [5, 5.41) is 25.9. The fourth-order valence-corrected chi connectivity index (χ4v) is 3.49. The molecule has 1 aliphatic carbocycles. The second-order valence-corrected chi connectivity index (χ2v) is 7.01. The van der Waals surface area contributed by atoms with Gasteiger partial charge in [-0.3, -0.25) is 9.48 Å². The van der Waals surface area contributed by atoms with Crippen LogP contribution in [0.5, 0.6) is 0 Å². The first kappa shape index (κ1) is 20.7. The number of nitrogens with zero attached hydrogens (tertiary/aromatic N) is 3. The molecule has 0 radical (unpaired) electrons. The molecule has 10 heteroatoms. The first-order valence-corrected chi connectivity index (χ1v) is 9.11. The van der Waals surface area contributed by atoms with Gasteiger partial charge in [0.25, 0.3) is 5.91 Å². The van der Waals surface area contributed by atoms with Gasteiger partial charge in [0.2, 0.25) is 0 Å². The molecule has 3 rings (SSSR count). The topological polar surface area (TPSA) is 117 Å². The van der Waals surface area contributed by atoms with Crippen molar-refractivity contribution in [3.8, 4) is 6.07 Å². The Morgan fingerprint density at radius 2 is 1.97 bits per heavy atom. The summed E-state index contributed by atoms with van der Waals surface area (Å²) in [6, 6.07) is 7.05. The van der Waals surface area contributed by atoms with Crippen molar-refractivity contribution in [2.75, 3.05) is 5.32 Å². The highest BCUT2D eigenvalue weighted by Crippen LogP contribution is 2.35. The number of nitriles is 1. The van der Waals surface area contributed by atoms with E-state index < -0.39 is 18.2 Å². The van der Waals surface area contributed by atoms with Crippen LogP contribution in [0, 0.1) is 17.2 Å². The smallest absolute Gasteiger partial charge is 0.379 e. The van der Waals surface area contributed by atoms with Crippen LogP contribution in [-0.2, 0) is 0 Å². The molecular formula is C19H20F3N5O2. The Morgan fingerprint density at radius 1 is 1.31 bits per heavy atom. The second kappa shape index (κ2) is 8.13. The summed E-state index contributed by atoms with van der Waals surface area (Å²) < 4.78 is 39.4. The van der Waals surface area contributed by atoms with Crippen molar-refractivity contribution in [3.63, 3.8) is 0 Å². The van der Waals surface area contributed by atoms with Gasteiger partial charge in [0.15, 0.2) is 11.9 Å². The zero-order chi connectivity index (χ0) is 21.2. The van der Waals surface area contributed by atoms with Crippen LogP contribution in [0.4, 0.5) is 24.7 Å². The van der Waals surface area contributed by atoms with E-state index >= 15 is 0 Å². The van der Waals surface area contributed by atoms with E-state index in [1.54, 1.807) is 4.68 Å². The maximum absolute atomic E-state index is 12.6. The van der Waals surface area contributed by atoms with Crippen LogP contribution in [0.2, 0.25) is 0 Å². The molecule has 1 heterocycles. The van der Waals surface area contributed by atoms with Crippen LogP contribution in [-0.4, -0.2) is 27.0 Å². The first-order valence-electron chi connectivity index (χ1n) is 9.11. The monoisotopic (exact) mass is 407 g/mol. The lowest BCUT2D eigenvalue weighted by atomic mass is 9.85. The third kappa shape index (κ3) is 4.51. The number of hydrogen-bond donors (Lipinski definition) is 3. The van der Waals surface area contributed by atoms with E-state index in [0.717, 1.165) is 37.8 Å². The minimum Gasteiger partial charge on any atom is -0.379 e. The number of alkyl halides is 3. The fourth-order valence-electron chi connectivity index (χ4n) is 3.49. The Bertz CT molecular complexity index is 917. The third-order valence-corrected chi connectivity index (χ3v) is 5.03. The van der Waals surface area contributed by atoms with E-state index in [1.165, 1.54) is 18.3 Å². The lowest BCUT2D eigenvalue weighted by Gasteiger charge is -2.26. The van der Waals surface area contributed by atoms with Crippen molar-refractivity contribution < 1.29 is 23.1 Å². The minimum atomic E-state index is -4.76. The van der Waals surface area contributed by atoms with Gasteiger partial charge in [-0.1, -0.05) is 25.0 Å². The van der Waals surface area contributed by atoms with Crippen molar-refractivity contribution in [2.45, 2.75) is 44.0 Å². The van der Waals surface area contributed by atoms with E-state index in [9.17, 15) is 28.3 Å². The van der Waals surface area contributed by atoms with Gasteiger partial charge < -0.3 is 16.2 Å². The molecular weight excluding hydrogens is 387 g/mol. The van der Waals surface area contributed by atoms with E-state index in [2.05, 4.69) is 16.5 Å². The molecule has 1 aliphatic rings. The van der Waals surface area contributed by atoms with Gasteiger partial charge in [-0.25, -0.2) is 0 Å². The highest BCUT2D eigenvalue weighted by Gasteiger charge is 2.39. The molecule has 154 valence electrons.